The van der Waals surface area contributed by atoms with E-state index in [1.807, 2.05) is 0 Å². The first-order valence-corrected chi connectivity index (χ1v) is 5.85. The number of hydrogen-bond acceptors (Lipinski definition) is 4. The lowest BCUT2D eigenvalue weighted by molar-refractivity contribution is 0.102. The second-order valence-electron chi connectivity index (χ2n) is 3.74. The number of nitrogen functional groups attached to an aromatic ring is 1. The number of nitrogens with zero attached hydrogens (tertiary/aromatic N) is 1. The number of carbonyl (C=O) groups is 1. The molecule has 0 bridgehead atoms. The zero-order valence-corrected chi connectivity index (χ0v) is 10.9. The molecule has 2 aromatic rings. The minimum Gasteiger partial charge on any atom is -0.494 e. The number of ether oxygens (including phenoxy) is 1. The maximum Gasteiger partial charge on any atom is 0.260 e. The molecule has 0 atom stereocenters. The van der Waals surface area contributed by atoms with Crippen LogP contribution in [0, 0.1) is 0 Å². The fourth-order valence-electron chi connectivity index (χ4n) is 1.62. The largest absolute Gasteiger partial charge is 0.494 e. The summed E-state index contributed by atoms with van der Waals surface area (Å²) in [5.41, 5.74) is 6.48. The summed E-state index contributed by atoms with van der Waals surface area (Å²) < 4.78 is 5.13. The Labute approximate surface area is 115 Å². The van der Waals surface area contributed by atoms with Crippen LogP contribution in [0.4, 0.5) is 11.5 Å². The number of para-hydroxylation sites is 1. The fraction of sp³-hybridized carbons (Fsp3) is 0.0769. The lowest BCUT2D eigenvalue weighted by Gasteiger charge is -2.10. The number of rotatable bonds is 3. The molecule has 5 nitrogen and oxygen atoms in total. The smallest absolute Gasteiger partial charge is 0.260 e. The van der Waals surface area contributed by atoms with Gasteiger partial charge in [0.2, 0.25) is 0 Å². The van der Waals surface area contributed by atoms with Gasteiger partial charge in [0, 0.05) is 11.2 Å². The summed E-state index contributed by atoms with van der Waals surface area (Å²) in [5, 5.41) is 3.12. The van der Waals surface area contributed by atoms with Gasteiger partial charge < -0.3 is 15.8 Å². The van der Waals surface area contributed by atoms with Gasteiger partial charge in [0.1, 0.15) is 5.82 Å². The molecule has 0 fully saturated rings. The molecule has 0 aliphatic carbocycles. The van der Waals surface area contributed by atoms with Gasteiger partial charge in [-0.1, -0.05) is 17.7 Å². The number of carbonyl (C=O) groups excluding carboxylic acids is 1. The topological polar surface area (TPSA) is 77.2 Å². The molecular weight excluding hydrogens is 266 g/mol. The SMILES string of the molecule is COc1c(N)cccc1C(=O)Nc1cc(Cl)ccn1. The van der Waals surface area contributed by atoms with Crippen LogP contribution < -0.4 is 15.8 Å². The Kier molecular flexibility index (Phi) is 3.87. The summed E-state index contributed by atoms with van der Waals surface area (Å²) in [6, 6.07) is 8.14. The van der Waals surface area contributed by atoms with Gasteiger partial charge in [-0.3, -0.25) is 4.79 Å². The molecule has 0 aliphatic heterocycles. The number of halogens is 1. The first-order valence-electron chi connectivity index (χ1n) is 5.47. The zero-order valence-electron chi connectivity index (χ0n) is 10.2. The Hall–Kier alpha value is -2.27. The third-order valence-corrected chi connectivity index (χ3v) is 2.69. The van der Waals surface area contributed by atoms with Crippen LogP contribution in [0.3, 0.4) is 0 Å². The minimum atomic E-state index is -0.362. The van der Waals surface area contributed by atoms with Crippen molar-refractivity contribution in [2.75, 3.05) is 18.2 Å². The lowest BCUT2D eigenvalue weighted by Crippen LogP contribution is -2.14. The zero-order chi connectivity index (χ0) is 13.8. The molecule has 19 heavy (non-hydrogen) atoms. The fourth-order valence-corrected chi connectivity index (χ4v) is 1.78. The van der Waals surface area contributed by atoms with E-state index in [9.17, 15) is 4.79 Å². The first-order chi connectivity index (χ1) is 9.11. The van der Waals surface area contributed by atoms with Gasteiger partial charge in [0.05, 0.1) is 18.4 Å². The van der Waals surface area contributed by atoms with Gasteiger partial charge >= 0.3 is 0 Å². The van der Waals surface area contributed by atoms with E-state index in [-0.39, 0.29) is 5.91 Å². The molecule has 0 radical (unpaired) electrons. The quantitative estimate of drug-likeness (QED) is 0.846. The number of nitrogens with two attached hydrogens (primary N) is 1. The molecule has 0 saturated heterocycles. The number of amides is 1. The Balaban J connectivity index is 2.28. The van der Waals surface area contributed by atoms with Crippen LogP contribution in [0.15, 0.2) is 36.5 Å². The predicted octanol–water partition coefficient (Wildman–Crippen LogP) is 2.58. The van der Waals surface area contributed by atoms with Crippen molar-refractivity contribution in [2.45, 2.75) is 0 Å². The molecule has 0 aliphatic rings. The standard InChI is InChI=1S/C13H12ClN3O2/c1-19-12-9(3-2-4-10(12)15)13(18)17-11-7-8(14)5-6-16-11/h2-7H,15H2,1H3,(H,16,17,18). The van der Waals surface area contributed by atoms with Gasteiger partial charge in [-0.25, -0.2) is 4.98 Å². The molecule has 0 saturated carbocycles. The molecule has 98 valence electrons. The number of hydrogen-bond donors (Lipinski definition) is 2. The van der Waals surface area contributed by atoms with Gasteiger partial charge in [-0.05, 0) is 24.3 Å². The molecular formula is C13H12ClN3O2. The Morgan fingerprint density at radius 2 is 2.21 bits per heavy atom. The third kappa shape index (κ3) is 2.95. The molecule has 1 heterocycles. The van der Waals surface area contributed by atoms with Crippen LogP contribution in [0.5, 0.6) is 5.75 Å². The Bertz CT molecular complexity index is 617. The van der Waals surface area contributed by atoms with E-state index in [1.54, 1.807) is 30.3 Å². The number of benzene rings is 1. The van der Waals surface area contributed by atoms with E-state index in [0.29, 0.717) is 27.8 Å². The van der Waals surface area contributed by atoms with Crippen molar-refractivity contribution in [3.63, 3.8) is 0 Å². The molecule has 2 rings (SSSR count). The highest BCUT2D eigenvalue weighted by Crippen LogP contribution is 2.26. The maximum atomic E-state index is 12.1. The van der Waals surface area contributed by atoms with Gasteiger partial charge in [-0.15, -0.1) is 0 Å². The summed E-state index contributed by atoms with van der Waals surface area (Å²) in [7, 11) is 1.46. The summed E-state index contributed by atoms with van der Waals surface area (Å²) >= 11 is 5.82. The number of methoxy groups -OCH3 is 1. The highest BCUT2D eigenvalue weighted by molar-refractivity contribution is 6.30. The predicted molar refractivity (Wildman–Crippen MR) is 74.6 cm³/mol. The summed E-state index contributed by atoms with van der Waals surface area (Å²) in [6.45, 7) is 0. The highest BCUT2D eigenvalue weighted by Gasteiger charge is 2.14. The van der Waals surface area contributed by atoms with Crippen molar-refractivity contribution in [2.24, 2.45) is 0 Å². The summed E-state index contributed by atoms with van der Waals surface area (Å²) in [5.74, 6) is 0.336. The van der Waals surface area contributed by atoms with Crippen molar-refractivity contribution in [3.8, 4) is 5.75 Å². The monoisotopic (exact) mass is 277 g/mol. The molecule has 3 N–H and O–H groups in total. The van der Waals surface area contributed by atoms with Crippen LogP contribution in [0.25, 0.3) is 0 Å². The van der Waals surface area contributed by atoms with Crippen molar-refractivity contribution in [3.05, 3.63) is 47.1 Å². The van der Waals surface area contributed by atoms with Crippen LogP contribution in [0.1, 0.15) is 10.4 Å². The Morgan fingerprint density at radius 3 is 2.89 bits per heavy atom. The number of pyridine rings is 1. The van der Waals surface area contributed by atoms with Crippen molar-refractivity contribution < 1.29 is 9.53 Å². The minimum absolute atomic E-state index is 0.335. The van der Waals surface area contributed by atoms with Gasteiger partial charge in [0.25, 0.3) is 5.91 Å². The van der Waals surface area contributed by atoms with E-state index in [0.717, 1.165) is 0 Å². The number of anilines is 2. The highest BCUT2D eigenvalue weighted by atomic mass is 35.5. The van der Waals surface area contributed by atoms with E-state index in [1.165, 1.54) is 13.3 Å². The second kappa shape index (κ2) is 5.58. The van der Waals surface area contributed by atoms with Crippen molar-refractivity contribution >= 4 is 29.0 Å². The van der Waals surface area contributed by atoms with Crippen molar-refractivity contribution in [1.29, 1.82) is 0 Å². The van der Waals surface area contributed by atoms with E-state index in [2.05, 4.69) is 10.3 Å². The van der Waals surface area contributed by atoms with Crippen LogP contribution in [0.2, 0.25) is 5.02 Å². The molecule has 1 aromatic heterocycles. The normalized spacial score (nSPS) is 10.0. The third-order valence-electron chi connectivity index (χ3n) is 2.46. The van der Waals surface area contributed by atoms with Crippen LogP contribution in [-0.4, -0.2) is 18.0 Å². The Morgan fingerprint density at radius 1 is 1.42 bits per heavy atom. The first kappa shape index (κ1) is 13.2. The number of aromatic nitrogens is 1. The summed E-state index contributed by atoms with van der Waals surface area (Å²) in [4.78, 5) is 16.1. The number of nitrogens with one attached hydrogen (secondary N) is 1. The maximum absolute atomic E-state index is 12.1. The van der Waals surface area contributed by atoms with Crippen LogP contribution in [-0.2, 0) is 0 Å². The van der Waals surface area contributed by atoms with Gasteiger partial charge in [-0.2, -0.15) is 0 Å². The van der Waals surface area contributed by atoms with Gasteiger partial charge in [0.15, 0.2) is 5.75 Å². The second-order valence-corrected chi connectivity index (χ2v) is 4.18. The molecule has 6 heteroatoms. The average molecular weight is 278 g/mol. The van der Waals surface area contributed by atoms with Crippen LogP contribution >= 0.6 is 11.6 Å². The van der Waals surface area contributed by atoms with Crippen molar-refractivity contribution in [1.82, 2.24) is 4.98 Å². The average Bonchev–Trinajstić information content (AvgIpc) is 2.38. The molecule has 0 spiro atoms. The molecule has 0 unspecified atom stereocenters. The summed E-state index contributed by atoms with van der Waals surface area (Å²) in [6.07, 6.45) is 1.51. The van der Waals surface area contributed by atoms with E-state index < -0.39 is 0 Å². The van der Waals surface area contributed by atoms with E-state index in [4.69, 9.17) is 22.1 Å². The molecule has 1 aromatic carbocycles. The van der Waals surface area contributed by atoms with E-state index >= 15 is 0 Å². The lowest BCUT2D eigenvalue weighted by atomic mass is 10.1. The molecule has 1 amide bonds.